The Balaban J connectivity index is 2.77. The van der Waals surface area contributed by atoms with Crippen LogP contribution in [0.3, 0.4) is 0 Å². The summed E-state index contributed by atoms with van der Waals surface area (Å²) in [5.74, 6) is 1.86. The summed E-state index contributed by atoms with van der Waals surface area (Å²) in [5.41, 5.74) is 1.09. The minimum absolute atomic E-state index is 0.120. The SMILES string of the molecule is COc1ccc(CNC(C)C(C)CO)c(OC(C)C)c1. The van der Waals surface area contributed by atoms with Gasteiger partial charge in [0, 0.05) is 30.8 Å². The fourth-order valence-electron chi connectivity index (χ4n) is 1.80. The molecule has 0 heterocycles. The molecule has 0 aliphatic carbocycles. The van der Waals surface area contributed by atoms with E-state index in [9.17, 15) is 0 Å². The van der Waals surface area contributed by atoms with Crippen molar-refractivity contribution in [2.45, 2.75) is 46.4 Å². The molecule has 2 atom stereocenters. The number of hydrogen-bond donors (Lipinski definition) is 2. The molecule has 0 fully saturated rings. The van der Waals surface area contributed by atoms with E-state index in [1.54, 1.807) is 7.11 Å². The van der Waals surface area contributed by atoms with Crippen LogP contribution in [0.15, 0.2) is 18.2 Å². The first kappa shape index (κ1) is 16.8. The molecule has 1 aromatic carbocycles. The molecule has 0 aliphatic heterocycles. The van der Waals surface area contributed by atoms with Crippen molar-refractivity contribution in [3.63, 3.8) is 0 Å². The first-order valence-electron chi connectivity index (χ1n) is 7.15. The fraction of sp³-hybridized carbons (Fsp3) is 0.625. The van der Waals surface area contributed by atoms with Crippen molar-refractivity contribution in [3.8, 4) is 11.5 Å². The minimum Gasteiger partial charge on any atom is -0.497 e. The van der Waals surface area contributed by atoms with Crippen LogP contribution in [-0.2, 0) is 6.54 Å². The van der Waals surface area contributed by atoms with Crippen LogP contribution < -0.4 is 14.8 Å². The molecule has 1 rings (SSSR count). The van der Waals surface area contributed by atoms with Gasteiger partial charge in [-0.2, -0.15) is 0 Å². The van der Waals surface area contributed by atoms with Gasteiger partial charge < -0.3 is 19.9 Å². The van der Waals surface area contributed by atoms with Crippen LogP contribution in [0.1, 0.15) is 33.3 Å². The van der Waals surface area contributed by atoms with E-state index in [2.05, 4.69) is 12.2 Å². The molecule has 0 saturated carbocycles. The maximum absolute atomic E-state index is 9.16. The van der Waals surface area contributed by atoms with Gasteiger partial charge in [-0.05, 0) is 32.8 Å². The molecule has 0 spiro atoms. The molecule has 4 heteroatoms. The summed E-state index contributed by atoms with van der Waals surface area (Å²) in [5, 5.41) is 12.6. The number of methoxy groups -OCH3 is 1. The van der Waals surface area contributed by atoms with Gasteiger partial charge >= 0.3 is 0 Å². The maximum atomic E-state index is 9.16. The van der Waals surface area contributed by atoms with E-state index in [0.29, 0.717) is 6.54 Å². The molecule has 4 nitrogen and oxygen atoms in total. The van der Waals surface area contributed by atoms with Gasteiger partial charge in [-0.15, -0.1) is 0 Å². The summed E-state index contributed by atoms with van der Waals surface area (Å²) in [6.07, 6.45) is 0.120. The van der Waals surface area contributed by atoms with Crippen LogP contribution in [0, 0.1) is 5.92 Å². The molecule has 20 heavy (non-hydrogen) atoms. The standard InChI is InChI=1S/C16H27NO3/c1-11(2)20-16-8-15(19-5)7-6-14(16)9-17-13(4)12(3)10-18/h6-8,11-13,17-18H,9-10H2,1-5H3. The minimum atomic E-state index is 0.120. The van der Waals surface area contributed by atoms with E-state index in [1.165, 1.54) is 0 Å². The first-order valence-corrected chi connectivity index (χ1v) is 7.15. The highest BCUT2D eigenvalue weighted by Crippen LogP contribution is 2.26. The molecule has 0 aliphatic rings. The quantitative estimate of drug-likeness (QED) is 0.769. The Kier molecular flexibility index (Phi) is 6.82. The highest BCUT2D eigenvalue weighted by molar-refractivity contribution is 5.40. The van der Waals surface area contributed by atoms with E-state index >= 15 is 0 Å². The molecule has 0 radical (unpaired) electrons. The maximum Gasteiger partial charge on any atom is 0.127 e. The van der Waals surface area contributed by atoms with Crippen molar-refractivity contribution in [1.29, 1.82) is 0 Å². The molecular weight excluding hydrogens is 254 g/mol. The van der Waals surface area contributed by atoms with Crippen molar-refractivity contribution in [2.75, 3.05) is 13.7 Å². The largest absolute Gasteiger partial charge is 0.497 e. The van der Waals surface area contributed by atoms with Crippen LogP contribution in [-0.4, -0.2) is 31.0 Å². The third kappa shape index (κ3) is 5.02. The predicted molar refractivity (Wildman–Crippen MR) is 81.3 cm³/mol. The number of benzene rings is 1. The number of ether oxygens (including phenoxy) is 2. The fourth-order valence-corrected chi connectivity index (χ4v) is 1.80. The smallest absolute Gasteiger partial charge is 0.127 e. The summed E-state index contributed by atoms with van der Waals surface area (Å²) in [7, 11) is 1.65. The topological polar surface area (TPSA) is 50.7 Å². The number of nitrogens with one attached hydrogen (secondary N) is 1. The molecule has 2 unspecified atom stereocenters. The van der Waals surface area contributed by atoms with Gasteiger partial charge in [0.25, 0.3) is 0 Å². The average Bonchev–Trinajstić information content (AvgIpc) is 2.43. The molecule has 0 bridgehead atoms. The third-order valence-electron chi connectivity index (χ3n) is 3.39. The number of rotatable bonds is 8. The number of hydrogen-bond acceptors (Lipinski definition) is 4. The molecule has 0 amide bonds. The summed E-state index contributed by atoms with van der Waals surface area (Å²) in [6, 6.07) is 6.11. The highest BCUT2D eigenvalue weighted by Gasteiger charge is 2.13. The molecule has 2 N–H and O–H groups in total. The monoisotopic (exact) mass is 281 g/mol. The third-order valence-corrected chi connectivity index (χ3v) is 3.39. The van der Waals surface area contributed by atoms with E-state index in [-0.39, 0.29) is 24.7 Å². The van der Waals surface area contributed by atoms with Gasteiger partial charge in [-0.1, -0.05) is 13.0 Å². The average molecular weight is 281 g/mol. The van der Waals surface area contributed by atoms with Crippen LogP contribution in [0.4, 0.5) is 0 Å². The Labute approximate surface area is 122 Å². The van der Waals surface area contributed by atoms with Gasteiger partial charge in [-0.25, -0.2) is 0 Å². The lowest BCUT2D eigenvalue weighted by Crippen LogP contribution is -2.33. The zero-order valence-electron chi connectivity index (χ0n) is 13.1. The lowest BCUT2D eigenvalue weighted by molar-refractivity contribution is 0.206. The second-order valence-electron chi connectivity index (χ2n) is 5.47. The molecular formula is C16H27NO3. The van der Waals surface area contributed by atoms with E-state index in [4.69, 9.17) is 14.6 Å². The van der Waals surface area contributed by atoms with Crippen molar-refractivity contribution in [1.82, 2.24) is 5.32 Å². The van der Waals surface area contributed by atoms with Gasteiger partial charge in [-0.3, -0.25) is 0 Å². The Morgan fingerprint density at radius 3 is 2.45 bits per heavy atom. The van der Waals surface area contributed by atoms with Gasteiger partial charge in [0.05, 0.1) is 13.2 Å². The van der Waals surface area contributed by atoms with Crippen LogP contribution in [0.25, 0.3) is 0 Å². The summed E-state index contributed by atoms with van der Waals surface area (Å²) >= 11 is 0. The predicted octanol–water partition coefficient (Wildman–Crippen LogP) is 2.59. The lowest BCUT2D eigenvalue weighted by atomic mass is 10.0. The van der Waals surface area contributed by atoms with E-state index < -0.39 is 0 Å². The molecule has 0 saturated heterocycles. The highest BCUT2D eigenvalue weighted by atomic mass is 16.5. The van der Waals surface area contributed by atoms with Crippen molar-refractivity contribution in [3.05, 3.63) is 23.8 Å². The summed E-state index contributed by atoms with van der Waals surface area (Å²) < 4.78 is 11.1. The first-order chi connectivity index (χ1) is 9.47. The zero-order valence-corrected chi connectivity index (χ0v) is 13.1. The van der Waals surface area contributed by atoms with E-state index in [1.807, 2.05) is 39.0 Å². The molecule has 1 aromatic rings. The van der Waals surface area contributed by atoms with Gasteiger partial charge in [0.2, 0.25) is 0 Å². The Bertz CT molecular complexity index is 407. The van der Waals surface area contributed by atoms with Crippen LogP contribution in [0.5, 0.6) is 11.5 Å². The Morgan fingerprint density at radius 1 is 1.20 bits per heavy atom. The molecule has 0 aromatic heterocycles. The zero-order chi connectivity index (χ0) is 15.1. The Hall–Kier alpha value is -1.26. The summed E-state index contributed by atoms with van der Waals surface area (Å²) in [4.78, 5) is 0. The summed E-state index contributed by atoms with van der Waals surface area (Å²) in [6.45, 7) is 9.01. The van der Waals surface area contributed by atoms with Crippen LogP contribution >= 0.6 is 0 Å². The second-order valence-corrected chi connectivity index (χ2v) is 5.47. The van der Waals surface area contributed by atoms with Crippen molar-refractivity contribution < 1.29 is 14.6 Å². The Morgan fingerprint density at radius 2 is 1.90 bits per heavy atom. The number of aliphatic hydroxyl groups is 1. The van der Waals surface area contributed by atoms with E-state index in [0.717, 1.165) is 17.1 Å². The second kappa shape index (κ2) is 8.12. The van der Waals surface area contributed by atoms with Crippen molar-refractivity contribution in [2.24, 2.45) is 5.92 Å². The molecule has 114 valence electrons. The number of aliphatic hydroxyl groups excluding tert-OH is 1. The lowest BCUT2D eigenvalue weighted by Gasteiger charge is -2.21. The van der Waals surface area contributed by atoms with Gasteiger partial charge in [0.15, 0.2) is 0 Å². The normalized spacial score (nSPS) is 14.2. The van der Waals surface area contributed by atoms with Crippen molar-refractivity contribution >= 4 is 0 Å². The van der Waals surface area contributed by atoms with Crippen LogP contribution in [0.2, 0.25) is 0 Å². The van der Waals surface area contributed by atoms with Gasteiger partial charge in [0.1, 0.15) is 11.5 Å².